The second-order valence-electron chi connectivity index (χ2n) is 2.24. The smallest absolute Gasteiger partial charge is 0.00941 e. The molecule has 0 aromatic rings. The van der Waals surface area contributed by atoms with E-state index in [1.165, 1.54) is 0 Å². The van der Waals surface area contributed by atoms with Gasteiger partial charge in [-0.05, 0) is 24.3 Å². The van der Waals surface area contributed by atoms with Gasteiger partial charge in [0.25, 0.3) is 0 Å². The molecule has 54 valence electrons. The lowest BCUT2D eigenvalue weighted by molar-refractivity contribution is 1.72. The van der Waals surface area contributed by atoms with Crippen LogP contribution in [0.3, 0.4) is 0 Å². The lowest BCUT2D eigenvalue weighted by Gasteiger charge is -2.23. The largest absolute Gasteiger partial charge is 0.175 e. The zero-order chi connectivity index (χ0) is 7.49. The second-order valence-corrected chi connectivity index (χ2v) is 8.05. The maximum absolute atomic E-state index is 4.42. The Labute approximate surface area is 64.2 Å². The summed E-state index contributed by atoms with van der Waals surface area (Å²) in [5, 5.41) is 0. The number of hydrogen-bond acceptors (Lipinski definition) is 1. The van der Waals surface area contributed by atoms with E-state index in [0.29, 0.717) is 0 Å². The van der Waals surface area contributed by atoms with Crippen molar-refractivity contribution in [1.82, 2.24) is 0 Å². The Balaban J connectivity index is 4.06. The Bertz CT molecular complexity index is 128. The topological polar surface area (TPSA) is 0 Å². The lowest BCUT2D eigenvalue weighted by atomic mass is 10.5. The third kappa shape index (κ3) is 3.71. The molecule has 0 aromatic carbocycles. The van der Waals surface area contributed by atoms with E-state index in [9.17, 15) is 0 Å². The van der Waals surface area contributed by atoms with Crippen molar-refractivity contribution < 1.29 is 0 Å². The van der Waals surface area contributed by atoms with E-state index in [1.54, 1.807) is 0 Å². The van der Waals surface area contributed by atoms with Crippen molar-refractivity contribution in [2.45, 2.75) is 6.92 Å². The molecular weight excluding hydrogens is 148 g/mol. The highest BCUT2D eigenvalue weighted by Crippen LogP contribution is 2.52. The van der Waals surface area contributed by atoms with Crippen LogP contribution in [0.25, 0.3) is 0 Å². The highest BCUT2D eigenvalue weighted by atomic mass is 33.1. The van der Waals surface area contributed by atoms with Crippen molar-refractivity contribution >= 4 is 20.7 Å². The Hall–Kier alpha value is 0.180. The highest BCUT2D eigenvalue weighted by Gasteiger charge is 2.05. The third-order valence-electron chi connectivity index (χ3n) is 0.994. The van der Waals surface area contributed by atoms with Crippen LogP contribution in [0.4, 0.5) is 0 Å². The summed E-state index contributed by atoms with van der Waals surface area (Å²) in [4.78, 5) is 1.13. The summed E-state index contributed by atoms with van der Waals surface area (Å²) >= 11 is 4.42. The monoisotopic (exact) mass is 162 g/mol. The van der Waals surface area contributed by atoms with Crippen LogP contribution < -0.4 is 0 Å². The van der Waals surface area contributed by atoms with E-state index in [4.69, 9.17) is 0 Å². The molecule has 0 rings (SSSR count). The molecule has 0 heterocycles. The molecule has 0 saturated carbocycles. The summed E-state index contributed by atoms with van der Waals surface area (Å²) in [5.74, 6) is 0. The quantitative estimate of drug-likeness (QED) is 0.360. The molecular formula is C7H14S2. The molecule has 0 bridgehead atoms. The van der Waals surface area contributed by atoms with Crippen LogP contribution in [0, 0.1) is 0 Å². The fourth-order valence-electron chi connectivity index (χ4n) is 0.352. The third-order valence-corrected chi connectivity index (χ3v) is 3.12. The molecule has 0 N–H and O–H groups in total. The standard InChI is InChI=1S/C7H14S2/c1-5-6-7(2)9(3,4)8/h5-6,8H,2H2,1,3-4H3. The van der Waals surface area contributed by atoms with Crippen molar-refractivity contribution in [3.63, 3.8) is 0 Å². The maximum atomic E-state index is 4.42. The van der Waals surface area contributed by atoms with Crippen molar-refractivity contribution in [2.75, 3.05) is 12.5 Å². The molecule has 0 amide bonds. The zero-order valence-electron chi connectivity index (χ0n) is 6.22. The summed E-state index contributed by atoms with van der Waals surface area (Å²) in [6, 6.07) is 0. The van der Waals surface area contributed by atoms with Gasteiger partial charge in [-0.1, -0.05) is 18.7 Å². The number of rotatable bonds is 2. The van der Waals surface area contributed by atoms with Gasteiger partial charge in [0, 0.05) is 0 Å². The van der Waals surface area contributed by atoms with Gasteiger partial charge >= 0.3 is 0 Å². The minimum atomic E-state index is -0.852. The van der Waals surface area contributed by atoms with E-state index in [2.05, 4.69) is 30.8 Å². The van der Waals surface area contributed by atoms with Crippen LogP contribution in [-0.2, 0) is 0 Å². The molecule has 2 heteroatoms. The van der Waals surface area contributed by atoms with Crippen LogP contribution in [0.5, 0.6) is 0 Å². The molecule has 0 radical (unpaired) electrons. The van der Waals surface area contributed by atoms with Gasteiger partial charge in [0.1, 0.15) is 0 Å². The molecule has 0 unspecified atom stereocenters. The van der Waals surface area contributed by atoms with Crippen molar-refractivity contribution in [2.24, 2.45) is 0 Å². The van der Waals surface area contributed by atoms with Crippen LogP contribution >= 0.6 is 20.7 Å². The number of hydrogen-bond donors (Lipinski definition) is 1. The minimum Gasteiger partial charge on any atom is -0.175 e. The van der Waals surface area contributed by atoms with Gasteiger partial charge in [-0.2, -0.15) is 9.06 Å². The summed E-state index contributed by atoms with van der Waals surface area (Å²) in [6.45, 7) is 5.88. The van der Waals surface area contributed by atoms with Gasteiger partial charge in [0.05, 0.1) is 0 Å². The summed E-state index contributed by atoms with van der Waals surface area (Å²) < 4.78 is 0. The average Bonchev–Trinajstić information content (AvgIpc) is 1.64. The van der Waals surface area contributed by atoms with Crippen LogP contribution in [0.2, 0.25) is 0 Å². The van der Waals surface area contributed by atoms with Crippen molar-refractivity contribution in [3.8, 4) is 0 Å². The van der Waals surface area contributed by atoms with Gasteiger partial charge in [-0.25, -0.2) is 0 Å². The molecule has 0 nitrogen and oxygen atoms in total. The first-order valence-electron chi connectivity index (χ1n) is 2.76. The van der Waals surface area contributed by atoms with E-state index in [0.717, 1.165) is 4.91 Å². The van der Waals surface area contributed by atoms with Crippen molar-refractivity contribution in [3.05, 3.63) is 23.6 Å². The average molecular weight is 162 g/mol. The van der Waals surface area contributed by atoms with Gasteiger partial charge in [0.15, 0.2) is 0 Å². The predicted octanol–water partition coefficient (Wildman–Crippen LogP) is 2.99. The van der Waals surface area contributed by atoms with Gasteiger partial charge in [-0.15, -0.1) is 11.7 Å². The Kier molecular flexibility index (Phi) is 3.44. The Morgan fingerprint density at radius 3 is 2.11 bits per heavy atom. The zero-order valence-corrected chi connectivity index (χ0v) is 7.93. The van der Waals surface area contributed by atoms with Gasteiger partial charge < -0.3 is 0 Å². The first-order chi connectivity index (χ1) is 3.98. The van der Waals surface area contributed by atoms with Crippen molar-refractivity contribution in [1.29, 1.82) is 0 Å². The molecule has 0 fully saturated rings. The van der Waals surface area contributed by atoms with Crippen LogP contribution in [0.1, 0.15) is 6.92 Å². The molecule has 9 heavy (non-hydrogen) atoms. The molecule has 0 spiro atoms. The fourth-order valence-corrected chi connectivity index (χ4v) is 1.00. The normalized spacial score (nSPS) is 14.2. The Morgan fingerprint density at radius 1 is 1.56 bits per heavy atom. The van der Waals surface area contributed by atoms with Gasteiger partial charge in [0.2, 0.25) is 0 Å². The maximum Gasteiger partial charge on any atom is -0.00941 e. The molecule has 0 aromatic heterocycles. The Morgan fingerprint density at radius 2 is 2.00 bits per heavy atom. The van der Waals surface area contributed by atoms with E-state index in [1.807, 2.05) is 19.1 Å². The summed E-state index contributed by atoms with van der Waals surface area (Å²) in [5.41, 5.74) is 0. The lowest BCUT2D eigenvalue weighted by Crippen LogP contribution is -1.84. The first kappa shape index (κ1) is 9.18. The van der Waals surface area contributed by atoms with Crippen LogP contribution in [0.15, 0.2) is 23.6 Å². The minimum absolute atomic E-state index is 0.852. The van der Waals surface area contributed by atoms with E-state index < -0.39 is 9.06 Å². The van der Waals surface area contributed by atoms with E-state index >= 15 is 0 Å². The molecule has 0 aliphatic carbocycles. The van der Waals surface area contributed by atoms with Gasteiger partial charge in [-0.3, -0.25) is 0 Å². The second kappa shape index (κ2) is 3.37. The summed E-state index contributed by atoms with van der Waals surface area (Å²) in [6.07, 6.45) is 8.23. The fraction of sp³-hybridized carbons (Fsp3) is 0.429. The molecule has 0 aliphatic rings. The van der Waals surface area contributed by atoms with E-state index in [-0.39, 0.29) is 0 Å². The molecule has 0 atom stereocenters. The predicted molar refractivity (Wildman–Crippen MR) is 52.4 cm³/mol. The number of thiol groups is 1. The SMILES string of the molecule is C=C(C=CC)S(C)(C)S. The molecule has 0 saturated heterocycles. The molecule has 0 aliphatic heterocycles. The van der Waals surface area contributed by atoms with Crippen LogP contribution in [-0.4, -0.2) is 12.5 Å². The summed E-state index contributed by atoms with van der Waals surface area (Å²) in [7, 11) is -0.852. The first-order valence-corrected chi connectivity index (χ1v) is 6.26. The highest BCUT2D eigenvalue weighted by molar-refractivity contribution is 8.89. The number of allylic oxidation sites excluding steroid dienone is 2.